The maximum atomic E-state index is 13.1. The maximum absolute atomic E-state index is 13.1. The molecule has 0 aliphatic rings. The molecule has 570 valence electrons. The number of carbonyl (C=O) groups is 4. The van der Waals surface area contributed by atoms with Crippen LogP contribution in [0.25, 0.3) is 0 Å². The molecule has 0 radical (unpaired) electrons. The zero-order valence-electron chi connectivity index (χ0n) is 62.7. The van der Waals surface area contributed by atoms with Crippen LogP contribution in [0, 0.1) is 11.8 Å². The van der Waals surface area contributed by atoms with Gasteiger partial charge in [0, 0.05) is 25.7 Å². The fourth-order valence-electron chi connectivity index (χ4n) is 11.8. The van der Waals surface area contributed by atoms with Crippen molar-refractivity contribution < 1.29 is 80.2 Å². The Morgan fingerprint density at radius 3 is 0.708 bits per heavy atom. The van der Waals surface area contributed by atoms with Crippen LogP contribution in [0.1, 0.15) is 401 Å². The first-order chi connectivity index (χ1) is 46.4. The normalized spacial score (nSPS) is 14.0. The number of esters is 4. The molecule has 0 rings (SSSR count). The van der Waals surface area contributed by atoms with Crippen molar-refractivity contribution in [2.75, 3.05) is 39.6 Å². The molecule has 5 atom stereocenters. The SMILES string of the molecule is CCCCCCCCCCCCCCCCCCCCCC(=O)O[C@H](COC(=O)CCCCCCCCCCCCCCCCC)COP(=O)(O)OC[C@@H](O)COP(=O)(O)OC[C@@H](COC(=O)CCCCCCCCCC(C)C)OC(=O)CCCCCCCCCCCC(C)C. The van der Waals surface area contributed by atoms with E-state index in [-0.39, 0.29) is 25.7 Å². The average molecular weight is 1410 g/mol. The van der Waals surface area contributed by atoms with Crippen LogP contribution in [0.4, 0.5) is 0 Å². The Kier molecular flexibility index (Phi) is 67.4. The molecule has 0 aliphatic carbocycles. The first-order valence-corrected chi connectivity index (χ1v) is 43.0. The van der Waals surface area contributed by atoms with E-state index in [1.807, 2.05) is 0 Å². The molecule has 0 amide bonds. The number of aliphatic hydroxyl groups excluding tert-OH is 1. The van der Waals surface area contributed by atoms with Crippen LogP contribution in [0.3, 0.4) is 0 Å². The Labute approximate surface area is 588 Å². The third-order valence-electron chi connectivity index (χ3n) is 18.0. The Bertz CT molecular complexity index is 1860. The lowest BCUT2D eigenvalue weighted by atomic mass is 10.0. The Morgan fingerprint density at radius 2 is 0.479 bits per heavy atom. The molecule has 0 aromatic rings. The van der Waals surface area contributed by atoms with Gasteiger partial charge in [-0.2, -0.15) is 0 Å². The number of ether oxygens (including phenoxy) is 4. The molecule has 2 unspecified atom stereocenters. The van der Waals surface area contributed by atoms with E-state index in [1.165, 1.54) is 212 Å². The summed E-state index contributed by atoms with van der Waals surface area (Å²) in [5.41, 5.74) is 0. The quantitative estimate of drug-likeness (QED) is 0.0222. The third kappa shape index (κ3) is 70.5. The summed E-state index contributed by atoms with van der Waals surface area (Å²) in [7, 11) is -9.91. The zero-order valence-corrected chi connectivity index (χ0v) is 64.5. The van der Waals surface area contributed by atoms with Crippen molar-refractivity contribution in [3.05, 3.63) is 0 Å². The van der Waals surface area contributed by atoms with Gasteiger partial charge in [0.2, 0.25) is 0 Å². The van der Waals surface area contributed by atoms with E-state index in [2.05, 4.69) is 41.5 Å². The molecule has 17 nitrogen and oxygen atoms in total. The van der Waals surface area contributed by atoms with Gasteiger partial charge in [-0.15, -0.1) is 0 Å². The standard InChI is InChI=1S/C77H150O17P2/c1-7-9-11-13-15-17-19-21-23-24-25-26-28-30-32-36-42-49-55-61-76(81)93-72(65-87-74(79)59-53-47-41-35-31-29-27-22-20-18-16-14-12-10-8-2)67-91-95(83,84)89-63-71(78)64-90-96(85,86)92-68-73(66-88-75(80)60-54-48-44-38-40-46-52-58-70(5)6)94-77(82)62-56-50-43-37-33-34-39-45-51-57-69(3)4/h69-73,78H,7-68H2,1-6H3,(H,83,84)(H,85,86)/t71-,72-,73-/m1/s1. The monoisotopic (exact) mass is 1410 g/mol. The number of hydrogen-bond donors (Lipinski definition) is 3. The van der Waals surface area contributed by atoms with E-state index >= 15 is 0 Å². The summed E-state index contributed by atoms with van der Waals surface area (Å²) in [5.74, 6) is -0.674. The van der Waals surface area contributed by atoms with E-state index < -0.39 is 97.5 Å². The van der Waals surface area contributed by atoms with Crippen molar-refractivity contribution in [2.24, 2.45) is 11.8 Å². The fourth-order valence-corrected chi connectivity index (χ4v) is 13.4. The van der Waals surface area contributed by atoms with Gasteiger partial charge in [-0.25, -0.2) is 9.13 Å². The molecule has 0 aliphatic heterocycles. The highest BCUT2D eigenvalue weighted by Gasteiger charge is 2.30. The van der Waals surface area contributed by atoms with E-state index in [4.69, 9.17) is 37.0 Å². The molecule has 3 N–H and O–H groups in total. The first kappa shape index (κ1) is 94.1. The van der Waals surface area contributed by atoms with E-state index in [1.54, 1.807) is 0 Å². The predicted octanol–water partition coefficient (Wildman–Crippen LogP) is 22.7. The molecule has 0 saturated heterocycles. The van der Waals surface area contributed by atoms with Crippen molar-refractivity contribution >= 4 is 39.5 Å². The number of hydrogen-bond acceptors (Lipinski definition) is 15. The van der Waals surface area contributed by atoms with Crippen molar-refractivity contribution in [1.29, 1.82) is 0 Å². The van der Waals surface area contributed by atoms with E-state index in [0.29, 0.717) is 31.6 Å². The lowest BCUT2D eigenvalue weighted by molar-refractivity contribution is -0.161. The maximum Gasteiger partial charge on any atom is 0.472 e. The molecule has 0 bridgehead atoms. The molecule has 0 fully saturated rings. The number of carbonyl (C=O) groups excluding carboxylic acids is 4. The van der Waals surface area contributed by atoms with Crippen LogP contribution >= 0.6 is 15.6 Å². The van der Waals surface area contributed by atoms with Crippen LogP contribution in [-0.4, -0.2) is 96.7 Å². The fraction of sp³-hybridized carbons (Fsp3) is 0.948. The first-order valence-electron chi connectivity index (χ1n) is 40.0. The lowest BCUT2D eigenvalue weighted by Gasteiger charge is -2.21. The summed E-state index contributed by atoms with van der Waals surface area (Å²) in [4.78, 5) is 72.8. The van der Waals surface area contributed by atoms with Gasteiger partial charge in [0.05, 0.1) is 26.4 Å². The molecule has 0 saturated carbocycles. The van der Waals surface area contributed by atoms with Gasteiger partial charge in [-0.3, -0.25) is 37.3 Å². The van der Waals surface area contributed by atoms with Crippen LogP contribution in [-0.2, 0) is 65.4 Å². The summed E-state index contributed by atoms with van der Waals surface area (Å²) in [6, 6.07) is 0. The summed E-state index contributed by atoms with van der Waals surface area (Å²) in [5, 5.41) is 10.6. The second-order valence-corrected chi connectivity index (χ2v) is 31.6. The lowest BCUT2D eigenvalue weighted by Crippen LogP contribution is -2.30. The minimum Gasteiger partial charge on any atom is -0.462 e. The van der Waals surface area contributed by atoms with Crippen molar-refractivity contribution in [3.8, 4) is 0 Å². The van der Waals surface area contributed by atoms with Crippen LogP contribution in [0.2, 0.25) is 0 Å². The highest BCUT2D eigenvalue weighted by Crippen LogP contribution is 2.45. The topological polar surface area (TPSA) is 237 Å². The van der Waals surface area contributed by atoms with Gasteiger partial charge in [0.1, 0.15) is 19.3 Å². The average Bonchev–Trinajstić information content (AvgIpc) is 1.39. The molecular weight excluding hydrogens is 1260 g/mol. The molecule has 0 aromatic heterocycles. The van der Waals surface area contributed by atoms with Gasteiger partial charge < -0.3 is 33.8 Å². The number of aliphatic hydroxyl groups is 1. The summed E-state index contributed by atoms with van der Waals surface area (Å²) < 4.78 is 68.5. The largest absolute Gasteiger partial charge is 0.472 e. The third-order valence-corrected chi connectivity index (χ3v) is 19.9. The summed E-state index contributed by atoms with van der Waals surface area (Å²) >= 11 is 0. The molecule has 19 heteroatoms. The number of unbranched alkanes of at least 4 members (excludes halogenated alkanes) is 46. The molecule has 0 aromatic carbocycles. The zero-order chi connectivity index (χ0) is 70.7. The highest BCUT2D eigenvalue weighted by molar-refractivity contribution is 7.47. The predicted molar refractivity (Wildman–Crippen MR) is 391 cm³/mol. The molecular formula is C77H150O17P2. The number of rotatable bonds is 76. The number of phosphoric ester groups is 2. The van der Waals surface area contributed by atoms with Crippen molar-refractivity contribution in [1.82, 2.24) is 0 Å². The number of phosphoric acid groups is 2. The Hall–Kier alpha value is -1.94. The van der Waals surface area contributed by atoms with Gasteiger partial charge in [0.25, 0.3) is 0 Å². The van der Waals surface area contributed by atoms with Crippen molar-refractivity contribution in [2.45, 2.75) is 419 Å². The van der Waals surface area contributed by atoms with Crippen LogP contribution in [0.5, 0.6) is 0 Å². The van der Waals surface area contributed by atoms with Crippen LogP contribution < -0.4 is 0 Å². The Balaban J connectivity index is 5.23. The second-order valence-electron chi connectivity index (χ2n) is 28.7. The smallest absolute Gasteiger partial charge is 0.462 e. The summed E-state index contributed by atoms with van der Waals surface area (Å²) in [6.07, 6.45) is 57.0. The molecule has 0 heterocycles. The Morgan fingerprint density at radius 1 is 0.281 bits per heavy atom. The van der Waals surface area contributed by atoms with Gasteiger partial charge in [-0.1, -0.05) is 350 Å². The minimum absolute atomic E-state index is 0.105. The van der Waals surface area contributed by atoms with Crippen LogP contribution in [0.15, 0.2) is 0 Å². The van der Waals surface area contributed by atoms with Crippen molar-refractivity contribution in [3.63, 3.8) is 0 Å². The molecule has 96 heavy (non-hydrogen) atoms. The molecule has 0 spiro atoms. The van der Waals surface area contributed by atoms with Gasteiger partial charge in [0.15, 0.2) is 12.2 Å². The highest BCUT2D eigenvalue weighted by atomic mass is 31.2. The van der Waals surface area contributed by atoms with Gasteiger partial charge >= 0.3 is 39.5 Å². The van der Waals surface area contributed by atoms with E-state index in [0.717, 1.165) is 102 Å². The second kappa shape index (κ2) is 68.8. The van der Waals surface area contributed by atoms with E-state index in [9.17, 15) is 43.2 Å². The summed E-state index contributed by atoms with van der Waals surface area (Å²) in [6.45, 7) is 9.53. The van der Waals surface area contributed by atoms with Gasteiger partial charge in [-0.05, 0) is 37.5 Å². The minimum atomic E-state index is -4.96.